The van der Waals surface area contributed by atoms with Crippen LogP contribution in [0.3, 0.4) is 0 Å². The fourth-order valence-electron chi connectivity index (χ4n) is 5.61. The van der Waals surface area contributed by atoms with Gasteiger partial charge in [0.2, 0.25) is 5.95 Å². The van der Waals surface area contributed by atoms with Gasteiger partial charge in [-0.1, -0.05) is 0 Å². The van der Waals surface area contributed by atoms with E-state index in [1.807, 2.05) is 0 Å². The molecule has 10 atom stereocenters. The van der Waals surface area contributed by atoms with Gasteiger partial charge in [-0.3, -0.25) is 37.0 Å². The molecule has 0 radical (unpaired) electrons. The van der Waals surface area contributed by atoms with Gasteiger partial charge in [0.15, 0.2) is 35.1 Å². The van der Waals surface area contributed by atoms with Crippen molar-refractivity contribution >= 4 is 49.4 Å². The van der Waals surface area contributed by atoms with Crippen molar-refractivity contribution < 1.29 is 46.9 Å². The lowest BCUT2D eigenvalue weighted by Gasteiger charge is -2.31. The number of ether oxygens (including phenoxy) is 2. The standard InChI is InChI=1S/C23H31N11O11P2/c1-32(2)47(39)41-5-10-15(14(36)21(43-10)33-7-28-11-17(24)26-6-27-18(11)33)44-46(3,38)40-4-9-13(35)16(45-47)22(42-9)34-8-29-12-19(34)30-23(25)31-20(12)37/h6-10,13-16,21-22,35-36H,4-5H2,1-3H3,(H2,24,26,27)(H3,25,30,31,37)/t9-,10-,13?,14?,15+,16+,21-,22-,46?,47?/m1/s1. The van der Waals surface area contributed by atoms with Gasteiger partial charge >= 0.3 is 15.3 Å². The molecule has 22 nitrogen and oxygen atoms in total. The molecule has 0 aromatic carbocycles. The van der Waals surface area contributed by atoms with Gasteiger partial charge in [0.25, 0.3) is 5.56 Å². The van der Waals surface area contributed by atoms with E-state index in [4.69, 9.17) is 39.0 Å². The summed E-state index contributed by atoms with van der Waals surface area (Å²) < 4.78 is 67.3. The number of nitrogens with zero attached hydrogens (tertiary/aromatic N) is 8. The van der Waals surface area contributed by atoms with E-state index in [0.717, 1.165) is 0 Å². The number of aromatic amines is 1. The van der Waals surface area contributed by atoms with E-state index in [1.54, 1.807) is 0 Å². The summed E-state index contributed by atoms with van der Waals surface area (Å²) >= 11 is 0. The molecule has 4 aromatic heterocycles. The molecule has 4 aromatic rings. The first-order valence-electron chi connectivity index (χ1n) is 14.1. The third-order valence-corrected chi connectivity index (χ3v) is 11.2. The molecule has 4 unspecified atom stereocenters. The Bertz CT molecular complexity index is 1990. The second-order valence-electron chi connectivity index (χ2n) is 11.3. The zero-order valence-electron chi connectivity index (χ0n) is 25.0. The molecule has 0 amide bonds. The van der Waals surface area contributed by atoms with E-state index in [1.165, 1.54) is 53.5 Å². The number of rotatable bonds is 3. The van der Waals surface area contributed by atoms with Crippen molar-refractivity contribution in [2.75, 3.05) is 45.4 Å². The van der Waals surface area contributed by atoms with Crippen LogP contribution in [0.4, 0.5) is 11.8 Å². The van der Waals surface area contributed by atoms with E-state index in [0.29, 0.717) is 0 Å². The Morgan fingerprint density at radius 1 is 0.894 bits per heavy atom. The number of nitrogens with one attached hydrogen (secondary N) is 1. The van der Waals surface area contributed by atoms with Crippen LogP contribution >= 0.6 is 15.3 Å². The highest BCUT2D eigenvalue weighted by Crippen LogP contribution is 2.56. The number of hydrogen-bond donors (Lipinski definition) is 5. The summed E-state index contributed by atoms with van der Waals surface area (Å²) in [7, 11) is -5.50. The van der Waals surface area contributed by atoms with E-state index in [2.05, 4.69) is 29.9 Å². The molecular formula is C23H31N11O11P2. The zero-order valence-corrected chi connectivity index (χ0v) is 26.7. The third-order valence-electron chi connectivity index (χ3n) is 7.94. The SMILES string of the molecule is CN(C)P1(=O)OC[C@H]2O[C@@H](n3cnc4c(N)ncnc43)C(O)[C@H]2OP(C)(=O)OC[C@H]2O[C@@H](n3cnc4c(=O)[nH]c(N)nc43)[C@@H](O1)C2O. The maximum atomic E-state index is 14.3. The van der Waals surface area contributed by atoms with Gasteiger partial charge in [-0.05, 0) is 14.1 Å². The number of hydrogen-bond acceptors (Lipinski definition) is 18. The lowest BCUT2D eigenvalue weighted by Crippen LogP contribution is -2.37. The molecule has 2 bridgehead atoms. The molecule has 0 aliphatic carbocycles. The van der Waals surface area contributed by atoms with Crippen molar-refractivity contribution in [2.24, 2.45) is 0 Å². The number of aliphatic hydroxyl groups excluding tert-OH is 2. The Kier molecular flexibility index (Phi) is 7.96. The molecule has 3 aliphatic rings. The van der Waals surface area contributed by atoms with Crippen LogP contribution in [0.2, 0.25) is 0 Å². The molecule has 3 saturated heterocycles. The molecule has 254 valence electrons. The average Bonchev–Trinajstić information content (AvgIpc) is 3.76. The number of H-pyrrole nitrogens is 1. The summed E-state index contributed by atoms with van der Waals surface area (Å²) in [4.78, 5) is 35.3. The lowest BCUT2D eigenvalue weighted by atomic mass is 10.1. The first kappa shape index (κ1) is 32.2. The van der Waals surface area contributed by atoms with Crippen molar-refractivity contribution in [1.29, 1.82) is 0 Å². The summed E-state index contributed by atoms with van der Waals surface area (Å²) in [5, 5.41) is 22.8. The van der Waals surface area contributed by atoms with Gasteiger partial charge in [-0.2, -0.15) is 4.98 Å². The molecule has 24 heteroatoms. The van der Waals surface area contributed by atoms with Gasteiger partial charge in [0.1, 0.15) is 48.5 Å². The third kappa shape index (κ3) is 5.54. The van der Waals surface area contributed by atoms with Gasteiger partial charge in [0, 0.05) is 6.66 Å². The number of fused-ring (bicyclic) bond motifs is 5. The molecular weight excluding hydrogens is 668 g/mol. The van der Waals surface area contributed by atoms with Crippen LogP contribution in [0.15, 0.2) is 23.8 Å². The first-order chi connectivity index (χ1) is 22.3. The summed E-state index contributed by atoms with van der Waals surface area (Å²) in [5.41, 5.74) is 11.5. The molecule has 47 heavy (non-hydrogen) atoms. The number of imidazole rings is 2. The van der Waals surface area contributed by atoms with Crippen LogP contribution in [0, 0.1) is 0 Å². The monoisotopic (exact) mass is 699 g/mol. The van der Waals surface area contributed by atoms with Crippen molar-refractivity contribution in [3.05, 3.63) is 29.3 Å². The predicted molar refractivity (Wildman–Crippen MR) is 159 cm³/mol. The smallest absolute Gasteiger partial charge is 0.387 e. The van der Waals surface area contributed by atoms with Gasteiger partial charge in [-0.15, -0.1) is 0 Å². The number of nitrogen functional groups attached to an aromatic ring is 2. The Labute approximate surface area is 264 Å². The van der Waals surface area contributed by atoms with E-state index >= 15 is 0 Å². The minimum Gasteiger partial charge on any atom is -0.387 e. The maximum absolute atomic E-state index is 14.3. The second-order valence-corrected chi connectivity index (χ2v) is 15.5. The highest BCUT2D eigenvalue weighted by molar-refractivity contribution is 7.53. The zero-order chi connectivity index (χ0) is 33.4. The number of nitrogens with two attached hydrogens (primary N) is 2. The Morgan fingerprint density at radius 2 is 1.57 bits per heavy atom. The van der Waals surface area contributed by atoms with Crippen LogP contribution in [-0.4, -0.2) is 125 Å². The molecule has 0 saturated carbocycles. The average molecular weight is 700 g/mol. The molecule has 7 N–H and O–H groups in total. The summed E-state index contributed by atoms with van der Waals surface area (Å²) in [6, 6.07) is 0. The van der Waals surface area contributed by atoms with Crippen LogP contribution in [0.1, 0.15) is 12.5 Å². The van der Waals surface area contributed by atoms with Crippen LogP contribution < -0.4 is 17.0 Å². The van der Waals surface area contributed by atoms with Crippen molar-refractivity contribution in [3.63, 3.8) is 0 Å². The van der Waals surface area contributed by atoms with E-state index in [-0.39, 0.29) is 34.1 Å². The molecule has 0 spiro atoms. The fraction of sp³-hybridized carbons (Fsp3) is 0.565. The van der Waals surface area contributed by atoms with Gasteiger partial charge < -0.3 is 35.7 Å². The van der Waals surface area contributed by atoms with E-state index < -0.39 is 83.2 Å². The summed E-state index contributed by atoms with van der Waals surface area (Å²) in [6.45, 7) is 0.156. The molecule has 7 heterocycles. The Morgan fingerprint density at radius 3 is 2.32 bits per heavy atom. The second kappa shape index (κ2) is 11.6. The van der Waals surface area contributed by atoms with Crippen LogP contribution in [-0.2, 0) is 36.7 Å². The highest BCUT2D eigenvalue weighted by Gasteiger charge is 2.54. The molecule has 7 rings (SSSR count). The van der Waals surface area contributed by atoms with Gasteiger partial charge in [-0.25, -0.2) is 29.2 Å². The molecule has 3 fully saturated rings. The number of anilines is 2. The van der Waals surface area contributed by atoms with Crippen molar-refractivity contribution in [3.8, 4) is 0 Å². The minimum absolute atomic E-state index is 0.00823. The van der Waals surface area contributed by atoms with Crippen LogP contribution in [0.25, 0.3) is 22.3 Å². The highest BCUT2D eigenvalue weighted by atomic mass is 31.2. The molecule has 3 aliphatic heterocycles. The van der Waals surface area contributed by atoms with Gasteiger partial charge in [0.05, 0.1) is 25.9 Å². The van der Waals surface area contributed by atoms with Crippen molar-refractivity contribution in [2.45, 2.75) is 49.1 Å². The topological polar surface area (TPSA) is 292 Å². The minimum atomic E-state index is -4.32. The Hall–Kier alpha value is -3.40. The normalized spacial score (nSPS) is 36.7. The lowest BCUT2D eigenvalue weighted by molar-refractivity contribution is -0.0620. The van der Waals surface area contributed by atoms with Crippen LogP contribution in [0.5, 0.6) is 0 Å². The first-order valence-corrected chi connectivity index (χ1v) is 17.6. The number of aromatic nitrogens is 8. The van der Waals surface area contributed by atoms with E-state index in [9.17, 15) is 24.1 Å². The summed E-state index contributed by atoms with van der Waals surface area (Å²) in [5.74, 6) is -0.106. The number of aliphatic hydroxyl groups is 2. The predicted octanol–water partition coefficient (Wildman–Crippen LogP) is -1.05. The maximum Gasteiger partial charge on any atom is 0.408 e. The quantitative estimate of drug-likeness (QED) is 0.159. The van der Waals surface area contributed by atoms with Crippen molar-refractivity contribution in [1.82, 2.24) is 43.7 Å². The Balaban J connectivity index is 1.24. The largest absolute Gasteiger partial charge is 0.408 e. The fourth-order valence-corrected chi connectivity index (χ4v) is 8.15. The summed E-state index contributed by atoms with van der Waals surface area (Å²) in [6.07, 6.45) is -6.92.